The van der Waals surface area contributed by atoms with Crippen molar-refractivity contribution in [2.24, 2.45) is 0 Å². The van der Waals surface area contributed by atoms with Crippen LogP contribution >= 0.6 is 0 Å². The van der Waals surface area contributed by atoms with Crippen LogP contribution in [0.1, 0.15) is 28.8 Å². The largest absolute Gasteiger partial charge is 0.478 e. The molecule has 5 heteroatoms. The lowest BCUT2D eigenvalue weighted by atomic mass is 10.1. The summed E-state index contributed by atoms with van der Waals surface area (Å²) in [7, 11) is 1.65. The molecule has 0 heterocycles. The van der Waals surface area contributed by atoms with Gasteiger partial charge in [0.1, 0.15) is 0 Å². The highest BCUT2D eigenvalue weighted by molar-refractivity contribution is 5.94. The van der Waals surface area contributed by atoms with Crippen LogP contribution in [0.5, 0.6) is 0 Å². The topological polar surface area (TPSA) is 75.6 Å². The number of hydrogen-bond donors (Lipinski definition) is 2. The molecule has 0 saturated heterocycles. The van der Waals surface area contributed by atoms with Gasteiger partial charge in [-0.25, -0.2) is 4.79 Å². The smallest absolute Gasteiger partial charge is 0.328 e. The van der Waals surface area contributed by atoms with Gasteiger partial charge in [0.2, 0.25) is 0 Å². The van der Waals surface area contributed by atoms with Crippen LogP contribution in [0.4, 0.5) is 0 Å². The van der Waals surface area contributed by atoms with Crippen molar-refractivity contribution in [3.8, 4) is 0 Å². The molecule has 0 atom stereocenters. The van der Waals surface area contributed by atoms with Gasteiger partial charge in [-0.3, -0.25) is 4.79 Å². The average molecular weight is 277 g/mol. The maximum atomic E-state index is 11.8. The molecular weight excluding hydrogens is 258 g/mol. The van der Waals surface area contributed by atoms with Gasteiger partial charge < -0.3 is 15.2 Å². The van der Waals surface area contributed by atoms with E-state index in [1.807, 2.05) is 0 Å². The Hall–Kier alpha value is -2.14. The molecule has 0 aliphatic rings. The van der Waals surface area contributed by atoms with Crippen molar-refractivity contribution >= 4 is 18.0 Å². The molecule has 1 amide bonds. The summed E-state index contributed by atoms with van der Waals surface area (Å²) < 4.78 is 4.93. The van der Waals surface area contributed by atoms with Crippen molar-refractivity contribution < 1.29 is 19.4 Å². The van der Waals surface area contributed by atoms with Crippen LogP contribution in [0, 0.1) is 0 Å². The van der Waals surface area contributed by atoms with Crippen LogP contribution in [-0.4, -0.2) is 37.2 Å². The normalized spacial score (nSPS) is 10.7. The Morgan fingerprint density at radius 2 is 1.95 bits per heavy atom. The lowest BCUT2D eigenvalue weighted by molar-refractivity contribution is -0.131. The van der Waals surface area contributed by atoms with Crippen LogP contribution in [0.2, 0.25) is 0 Å². The second-order valence-corrected chi connectivity index (χ2v) is 4.25. The van der Waals surface area contributed by atoms with Crippen LogP contribution in [0.15, 0.2) is 30.3 Å². The van der Waals surface area contributed by atoms with Gasteiger partial charge in [0, 0.05) is 31.9 Å². The van der Waals surface area contributed by atoms with E-state index in [-0.39, 0.29) is 5.91 Å². The predicted octanol–water partition coefficient (Wildman–Crippen LogP) is 1.94. The standard InChI is InChI=1S/C15H19NO4/c1-20-11-3-2-10-16-15(19)13-7-4-12(5-8-13)6-9-14(17)18/h4-9H,2-3,10-11H2,1H3,(H,16,19)(H,17,18). The number of amides is 1. The van der Waals surface area contributed by atoms with E-state index in [0.29, 0.717) is 18.7 Å². The molecule has 5 nitrogen and oxygen atoms in total. The second-order valence-electron chi connectivity index (χ2n) is 4.25. The monoisotopic (exact) mass is 277 g/mol. The maximum absolute atomic E-state index is 11.8. The number of unbranched alkanes of at least 4 members (excludes halogenated alkanes) is 1. The molecule has 0 aromatic heterocycles. The summed E-state index contributed by atoms with van der Waals surface area (Å²) in [6.45, 7) is 1.31. The second kappa shape index (κ2) is 8.87. The van der Waals surface area contributed by atoms with E-state index in [0.717, 1.165) is 24.5 Å². The Kier molecular flexibility index (Phi) is 7.06. The average Bonchev–Trinajstić information content (AvgIpc) is 2.45. The number of ether oxygens (including phenoxy) is 1. The number of aliphatic carboxylic acids is 1. The number of benzene rings is 1. The van der Waals surface area contributed by atoms with Gasteiger partial charge in [0.15, 0.2) is 0 Å². The van der Waals surface area contributed by atoms with Crippen molar-refractivity contribution in [3.63, 3.8) is 0 Å². The molecule has 0 radical (unpaired) electrons. The Morgan fingerprint density at radius 1 is 1.25 bits per heavy atom. The van der Waals surface area contributed by atoms with E-state index >= 15 is 0 Å². The Morgan fingerprint density at radius 3 is 2.55 bits per heavy atom. The molecule has 0 aliphatic heterocycles. The van der Waals surface area contributed by atoms with Gasteiger partial charge in [-0.1, -0.05) is 12.1 Å². The van der Waals surface area contributed by atoms with Gasteiger partial charge >= 0.3 is 5.97 Å². The molecule has 2 N–H and O–H groups in total. The summed E-state index contributed by atoms with van der Waals surface area (Å²) in [5.41, 5.74) is 1.30. The number of carbonyl (C=O) groups is 2. The van der Waals surface area contributed by atoms with Crippen LogP contribution in [0.3, 0.4) is 0 Å². The number of nitrogens with one attached hydrogen (secondary N) is 1. The molecular formula is C15H19NO4. The molecule has 20 heavy (non-hydrogen) atoms. The number of hydrogen-bond acceptors (Lipinski definition) is 3. The van der Waals surface area contributed by atoms with Crippen LogP contribution in [0.25, 0.3) is 6.08 Å². The molecule has 1 aromatic carbocycles. The third kappa shape index (κ3) is 6.15. The van der Waals surface area contributed by atoms with Gasteiger partial charge in [-0.2, -0.15) is 0 Å². The molecule has 1 aromatic rings. The van der Waals surface area contributed by atoms with Crippen molar-refractivity contribution in [2.75, 3.05) is 20.3 Å². The Balaban J connectivity index is 2.43. The van der Waals surface area contributed by atoms with Crippen LogP contribution in [-0.2, 0) is 9.53 Å². The van der Waals surface area contributed by atoms with Crippen LogP contribution < -0.4 is 5.32 Å². The SMILES string of the molecule is COCCCCNC(=O)c1ccc(C=CC(=O)O)cc1. The number of rotatable bonds is 8. The van der Waals surface area contributed by atoms with Gasteiger partial charge in [-0.15, -0.1) is 0 Å². The zero-order valence-corrected chi connectivity index (χ0v) is 11.5. The third-order valence-corrected chi connectivity index (χ3v) is 2.65. The van der Waals surface area contributed by atoms with E-state index in [1.165, 1.54) is 6.08 Å². The van der Waals surface area contributed by atoms with E-state index in [9.17, 15) is 9.59 Å². The molecule has 1 rings (SSSR count). The minimum absolute atomic E-state index is 0.129. The van der Waals surface area contributed by atoms with Crippen molar-refractivity contribution in [2.45, 2.75) is 12.8 Å². The molecule has 0 unspecified atom stereocenters. The first kappa shape index (κ1) is 15.9. The van der Waals surface area contributed by atoms with Crippen molar-refractivity contribution in [1.29, 1.82) is 0 Å². The number of methoxy groups -OCH3 is 1. The fraction of sp³-hybridized carbons (Fsp3) is 0.333. The van der Waals surface area contributed by atoms with Gasteiger partial charge in [-0.05, 0) is 36.6 Å². The fourth-order valence-corrected chi connectivity index (χ4v) is 1.59. The summed E-state index contributed by atoms with van der Waals surface area (Å²) in [6.07, 6.45) is 4.33. The summed E-state index contributed by atoms with van der Waals surface area (Å²) in [5.74, 6) is -1.13. The Labute approximate surface area is 118 Å². The summed E-state index contributed by atoms with van der Waals surface area (Å²) in [4.78, 5) is 22.2. The molecule has 0 aliphatic carbocycles. The van der Waals surface area contributed by atoms with E-state index in [1.54, 1.807) is 31.4 Å². The Bertz CT molecular complexity index is 465. The molecule has 0 saturated carbocycles. The van der Waals surface area contributed by atoms with Gasteiger partial charge in [0.05, 0.1) is 0 Å². The molecule has 0 spiro atoms. The highest BCUT2D eigenvalue weighted by atomic mass is 16.5. The third-order valence-electron chi connectivity index (χ3n) is 2.65. The number of carboxylic acids is 1. The van der Waals surface area contributed by atoms with Crippen molar-refractivity contribution in [1.82, 2.24) is 5.32 Å². The zero-order valence-electron chi connectivity index (χ0n) is 11.5. The lowest BCUT2D eigenvalue weighted by Crippen LogP contribution is -2.24. The van der Waals surface area contributed by atoms with E-state index < -0.39 is 5.97 Å². The first-order valence-electron chi connectivity index (χ1n) is 6.41. The number of carbonyl (C=O) groups excluding carboxylic acids is 1. The van der Waals surface area contributed by atoms with E-state index in [4.69, 9.17) is 9.84 Å². The molecule has 0 fully saturated rings. The summed E-state index contributed by atoms with van der Waals surface area (Å²) in [6, 6.07) is 6.76. The minimum atomic E-state index is -0.997. The zero-order chi connectivity index (χ0) is 14.8. The number of carboxylic acid groups (broad SMARTS) is 1. The lowest BCUT2D eigenvalue weighted by Gasteiger charge is -2.05. The molecule has 108 valence electrons. The molecule has 0 bridgehead atoms. The minimum Gasteiger partial charge on any atom is -0.478 e. The predicted molar refractivity (Wildman–Crippen MR) is 76.6 cm³/mol. The highest BCUT2D eigenvalue weighted by Gasteiger charge is 2.03. The maximum Gasteiger partial charge on any atom is 0.328 e. The fourth-order valence-electron chi connectivity index (χ4n) is 1.59. The van der Waals surface area contributed by atoms with Crippen molar-refractivity contribution in [3.05, 3.63) is 41.5 Å². The quantitative estimate of drug-likeness (QED) is 0.562. The summed E-state index contributed by atoms with van der Waals surface area (Å²) in [5, 5.41) is 11.3. The highest BCUT2D eigenvalue weighted by Crippen LogP contribution is 2.06. The van der Waals surface area contributed by atoms with E-state index in [2.05, 4.69) is 5.32 Å². The first-order chi connectivity index (χ1) is 9.63. The first-order valence-corrected chi connectivity index (χ1v) is 6.41. The summed E-state index contributed by atoms with van der Waals surface area (Å²) >= 11 is 0. The van der Waals surface area contributed by atoms with Gasteiger partial charge in [0.25, 0.3) is 5.91 Å².